The van der Waals surface area contributed by atoms with Gasteiger partial charge in [-0.05, 0) is 38.3 Å². The quantitative estimate of drug-likeness (QED) is 0.548. The zero-order valence-electron chi connectivity index (χ0n) is 16.9. The molecule has 3 heterocycles. The van der Waals surface area contributed by atoms with Crippen molar-refractivity contribution in [2.75, 3.05) is 0 Å². The molecule has 1 aromatic carbocycles. The highest BCUT2D eigenvalue weighted by molar-refractivity contribution is 5.75. The molecule has 1 atom stereocenters. The predicted octanol–water partition coefficient (Wildman–Crippen LogP) is 2.79. The lowest BCUT2D eigenvalue weighted by Crippen LogP contribution is -2.39. The van der Waals surface area contributed by atoms with Crippen LogP contribution in [-0.2, 0) is 13.6 Å². The Bertz CT molecular complexity index is 1320. The first-order valence-corrected chi connectivity index (χ1v) is 9.59. The van der Waals surface area contributed by atoms with Crippen LogP contribution in [0, 0.1) is 13.8 Å². The summed E-state index contributed by atoms with van der Waals surface area (Å²) < 4.78 is 6.72. The average molecular weight is 379 g/mol. The van der Waals surface area contributed by atoms with Crippen LogP contribution in [0.1, 0.15) is 43.1 Å². The molecule has 3 aromatic heterocycles. The Balaban J connectivity index is 2.04. The predicted molar refractivity (Wildman–Crippen MR) is 110 cm³/mol. The first-order chi connectivity index (χ1) is 13.3. The van der Waals surface area contributed by atoms with E-state index < -0.39 is 0 Å². The summed E-state index contributed by atoms with van der Waals surface area (Å²) in [5.41, 5.74) is 3.24. The molecule has 0 amide bonds. The molecule has 0 aliphatic carbocycles. The third-order valence-electron chi connectivity index (χ3n) is 5.69. The SMILES string of the molecule is CC[C@@H](C)n1c(C)cn2c3c(=O)n(Cc4ccccc4C)c(=O)n(C)c3nc12. The van der Waals surface area contributed by atoms with Gasteiger partial charge in [-0.2, -0.15) is 4.98 Å². The Morgan fingerprint density at radius 3 is 2.54 bits per heavy atom. The van der Waals surface area contributed by atoms with Crippen molar-refractivity contribution in [2.45, 2.75) is 46.7 Å². The number of benzene rings is 1. The van der Waals surface area contributed by atoms with Crippen molar-refractivity contribution >= 4 is 16.9 Å². The highest BCUT2D eigenvalue weighted by atomic mass is 16.2. The summed E-state index contributed by atoms with van der Waals surface area (Å²) >= 11 is 0. The van der Waals surface area contributed by atoms with E-state index in [2.05, 4.69) is 23.4 Å². The summed E-state index contributed by atoms with van der Waals surface area (Å²) in [5.74, 6) is 0.697. The van der Waals surface area contributed by atoms with E-state index in [1.165, 1.54) is 9.13 Å². The summed E-state index contributed by atoms with van der Waals surface area (Å²) in [6, 6.07) is 8.05. The van der Waals surface area contributed by atoms with E-state index in [1.807, 2.05) is 48.7 Å². The molecule has 146 valence electrons. The molecule has 28 heavy (non-hydrogen) atoms. The smallest absolute Gasteiger partial charge is 0.311 e. The number of hydrogen-bond donors (Lipinski definition) is 0. The lowest BCUT2D eigenvalue weighted by atomic mass is 10.1. The lowest BCUT2D eigenvalue weighted by Gasteiger charge is -2.12. The van der Waals surface area contributed by atoms with Crippen molar-refractivity contribution in [3.8, 4) is 0 Å². The molecule has 0 spiro atoms. The molecule has 4 aromatic rings. The van der Waals surface area contributed by atoms with Gasteiger partial charge in [0.2, 0.25) is 5.78 Å². The van der Waals surface area contributed by atoms with Gasteiger partial charge in [-0.25, -0.2) is 4.79 Å². The Kier molecular flexibility index (Phi) is 4.25. The molecule has 7 nitrogen and oxygen atoms in total. The fraction of sp³-hybridized carbons (Fsp3) is 0.381. The van der Waals surface area contributed by atoms with Crippen LogP contribution in [0.5, 0.6) is 0 Å². The molecular formula is C21H25N5O2. The van der Waals surface area contributed by atoms with Crippen LogP contribution in [0.15, 0.2) is 40.1 Å². The highest BCUT2D eigenvalue weighted by Gasteiger charge is 2.21. The van der Waals surface area contributed by atoms with Gasteiger partial charge in [0.1, 0.15) is 0 Å². The van der Waals surface area contributed by atoms with Crippen LogP contribution in [0.4, 0.5) is 0 Å². The summed E-state index contributed by atoms with van der Waals surface area (Å²) in [6.07, 6.45) is 2.88. The maximum absolute atomic E-state index is 13.3. The molecule has 7 heteroatoms. The van der Waals surface area contributed by atoms with Gasteiger partial charge in [0.25, 0.3) is 5.56 Å². The van der Waals surface area contributed by atoms with Gasteiger partial charge in [-0.3, -0.25) is 18.3 Å². The summed E-state index contributed by atoms with van der Waals surface area (Å²) in [5, 5.41) is 0. The minimum absolute atomic E-state index is 0.242. The molecular weight excluding hydrogens is 354 g/mol. The average Bonchev–Trinajstić information content (AvgIpc) is 3.18. The van der Waals surface area contributed by atoms with Crippen molar-refractivity contribution in [3.63, 3.8) is 0 Å². The van der Waals surface area contributed by atoms with Crippen LogP contribution in [0.25, 0.3) is 16.9 Å². The second-order valence-electron chi connectivity index (χ2n) is 7.51. The van der Waals surface area contributed by atoms with Gasteiger partial charge < -0.3 is 4.57 Å². The summed E-state index contributed by atoms with van der Waals surface area (Å²) in [7, 11) is 1.67. The third kappa shape index (κ3) is 2.53. The number of imidazole rings is 2. The van der Waals surface area contributed by atoms with Crippen molar-refractivity contribution in [1.29, 1.82) is 0 Å². The lowest BCUT2D eigenvalue weighted by molar-refractivity contribution is 0.532. The van der Waals surface area contributed by atoms with Crippen LogP contribution in [0.2, 0.25) is 0 Å². The van der Waals surface area contributed by atoms with Crippen LogP contribution in [0.3, 0.4) is 0 Å². The Labute approximate surface area is 162 Å². The minimum atomic E-state index is -0.353. The monoisotopic (exact) mass is 379 g/mol. The van der Waals surface area contributed by atoms with Gasteiger partial charge in [0, 0.05) is 25.0 Å². The molecule has 4 rings (SSSR count). The van der Waals surface area contributed by atoms with Crippen molar-refractivity contribution < 1.29 is 0 Å². The van der Waals surface area contributed by atoms with E-state index in [0.29, 0.717) is 16.9 Å². The second kappa shape index (κ2) is 6.51. The van der Waals surface area contributed by atoms with Crippen LogP contribution < -0.4 is 11.2 Å². The first-order valence-electron chi connectivity index (χ1n) is 9.59. The molecule has 0 aliphatic heterocycles. The Hall–Kier alpha value is -3.09. The number of fused-ring (bicyclic) bond motifs is 3. The van der Waals surface area contributed by atoms with E-state index in [1.54, 1.807) is 7.05 Å². The Morgan fingerprint density at radius 1 is 1.14 bits per heavy atom. The molecule has 0 N–H and O–H groups in total. The first kappa shape index (κ1) is 18.3. The third-order valence-corrected chi connectivity index (χ3v) is 5.69. The Morgan fingerprint density at radius 2 is 1.86 bits per heavy atom. The minimum Gasteiger partial charge on any atom is -0.311 e. The number of aromatic nitrogens is 5. The van der Waals surface area contributed by atoms with Crippen molar-refractivity contribution in [3.05, 3.63) is 68.1 Å². The molecule has 0 saturated carbocycles. The maximum Gasteiger partial charge on any atom is 0.332 e. The molecule has 0 saturated heterocycles. The molecule has 0 unspecified atom stereocenters. The number of nitrogens with zero attached hydrogens (tertiary/aromatic N) is 5. The van der Waals surface area contributed by atoms with Gasteiger partial charge >= 0.3 is 5.69 Å². The van der Waals surface area contributed by atoms with Gasteiger partial charge in [-0.15, -0.1) is 0 Å². The standard InChI is InChI=1S/C21H25N5O2/c1-6-14(3)26-15(4)11-24-17-18(22-20(24)26)23(5)21(28)25(19(17)27)12-16-10-8-7-9-13(16)2/h7-11,14H,6,12H2,1-5H3/t14-/m1/s1. The molecule has 0 fully saturated rings. The summed E-state index contributed by atoms with van der Waals surface area (Å²) in [4.78, 5) is 30.9. The van der Waals surface area contributed by atoms with E-state index >= 15 is 0 Å². The van der Waals surface area contributed by atoms with E-state index in [9.17, 15) is 9.59 Å². The normalized spacial score (nSPS) is 12.9. The topological polar surface area (TPSA) is 66.2 Å². The summed E-state index contributed by atoms with van der Waals surface area (Å²) in [6.45, 7) is 8.49. The van der Waals surface area contributed by atoms with Crippen LogP contribution >= 0.6 is 0 Å². The second-order valence-corrected chi connectivity index (χ2v) is 7.51. The molecule has 0 aliphatic rings. The molecule has 0 bridgehead atoms. The van der Waals surface area contributed by atoms with Gasteiger partial charge in [0.05, 0.1) is 6.54 Å². The van der Waals surface area contributed by atoms with Crippen molar-refractivity contribution in [1.82, 2.24) is 23.1 Å². The van der Waals surface area contributed by atoms with Gasteiger partial charge in [-0.1, -0.05) is 31.2 Å². The number of aryl methyl sites for hydroxylation is 3. The largest absolute Gasteiger partial charge is 0.332 e. The number of rotatable bonds is 4. The molecule has 0 radical (unpaired) electrons. The van der Waals surface area contributed by atoms with Crippen LogP contribution in [-0.4, -0.2) is 23.1 Å². The van der Waals surface area contributed by atoms with Crippen molar-refractivity contribution in [2.24, 2.45) is 7.05 Å². The fourth-order valence-electron chi connectivity index (χ4n) is 3.85. The highest BCUT2D eigenvalue weighted by Crippen LogP contribution is 2.22. The van der Waals surface area contributed by atoms with E-state index in [4.69, 9.17) is 0 Å². The number of hydrogen-bond acceptors (Lipinski definition) is 3. The fourth-order valence-corrected chi connectivity index (χ4v) is 3.85. The van der Waals surface area contributed by atoms with E-state index in [0.717, 1.165) is 23.2 Å². The zero-order valence-corrected chi connectivity index (χ0v) is 16.9. The zero-order chi connectivity index (χ0) is 20.2. The van der Waals surface area contributed by atoms with Gasteiger partial charge in [0.15, 0.2) is 11.2 Å². The maximum atomic E-state index is 13.3. The van der Waals surface area contributed by atoms with E-state index in [-0.39, 0.29) is 23.8 Å².